The third-order valence-electron chi connectivity index (χ3n) is 8.55. The van der Waals surface area contributed by atoms with Crippen LogP contribution in [-0.2, 0) is 28.6 Å². The number of fused-ring (bicyclic) bond motifs is 1. The molecule has 2 aliphatic heterocycles. The lowest BCUT2D eigenvalue weighted by Gasteiger charge is -2.62. The largest absolute Gasteiger partial charge is 0.462 e. The van der Waals surface area contributed by atoms with Gasteiger partial charge >= 0.3 is 11.9 Å². The molecule has 0 aromatic heterocycles. The van der Waals surface area contributed by atoms with Crippen molar-refractivity contribution in [2.45, 2.75) is 65.0 Å². The van der Waals surface area contributed by atoms with Crippen molar-refractivity contribution in [3.8, 4) is 0 Å². The molecule has 3 aliphatic carbocycles. The van der Waals surface area contributed by atoms with Crippen LogP contribution in [-0.4, -0.2) is 47.9 Å². The second kappa shape index (κ2) is 5.70. The molecule has 7 heteroatoms. The van der Waals surface area contributed by atoms with Gasteiger partial charge in [0.15, 0.2) is 12.1 Å². The molecule has 7 nitrogen and oxygen atoms in total. The fourth-order valence-electron chi connectivity index (χ4n) is 7.64. The maximum Gasteiger partial charge on any atom is 0.320 e. The zero-order valence-electron chi connectivity index (χ0n) is 17.1. The molecule has 0 aromatic carbocycles. The minimum absolute atomic E-state index is 0.175. The number of allylic oxidation sites excluding steroid dienone is 1. The van der Waals surface area contributed by atoms with E-state index in [0.29, 0.717) is 24.8 Å². The molecule has 2 heterocycles. The maximum absolute atomic E-state index is 13.4. The van der Waals surface area contributed by atoms with Crippen LogP contribution in [0.15, 0.2) is 12.2 Å². The molecule has 0 amide bonds. The lowest BCUT2D eigenvalue weighted by molar-refractivity contribution is -0.254. The van der Waals surface area contributed by atoms with Gasteiger partial charge in [0.2, 0.25) is 0 Å². The fourth-order valence-corrected chi connectivity index (χ4v) is 7.64. The molecule has 29 heavy (non-hydrogen) atoms. The molecule has 5 fully saturated rings. The zero-order chi connectivity index (χ0) is 20.9. The van der Waals surface area contributed by atoms with E-state index in [2.05, 4.69) is 20.4 Å². The molecule has 2 saturated heterocycles. The second-order valence-electron chi connectivity index (χ2n) is 10.3. The van der Waals surface area contributed by atoms with Gasteiger partial charge in [0, 0.05) is 24.2 Å². The number of aliphatic hydroxyl groups excluding tert-OH is 1. The van der Waals surface area contributed by atoms with Crippen LogP contribution in [0.5, 0.6) is 0 Å². The van der Waals surface area contributed by atoms with Crippen LogP contribution in [0, 0.1) is 34.0 Å². The van der Waals surface area contributed by atoms with Gasteiger partial charge in [-0.2, -0.15) is 0 Å². The molecule has 0 aromatic rings. The Bertz CT molecular complexity index is 831. The Hall–Kier alpha value is -1.73. The first kappa shape index (κ1) is 19.2. The van der Waals surface area contributed by atoms with Crippen molar-refractivity contribution in [1.82, 2.24) is 0 Å². The van der Waals surface area contributed by atoms with Crippen molar-refractivity contribution in [3.63, 3.8) is 0 Å². The monoisotopic (exact) mass is 404 g/mol. The molecular formula is C22H28O7. The number of aliphatic hydroxyl groups is 1. The Kier molecular flexibility index (Phi) is 3.78. The molecule has 5 rings (SSSR count). The third kappa shape index (κ3) is 2.13. The van der Waals surface area contributed by atoms with Crippen LogP contribution >= 0.6 is 0 Å². The highest BCUT2D eigenvalue weighted by atomic mass is 16.6. The summed E-state index contributed by atoms with van der Waals surface area (Å²) in [6.45, 7) is 9.65. The lowest BCUT2D eigenvalue weighted by atomic mass is 9.43. The van der Waals surface area contributed by atoms with E-state index in [0.717, 1.165) is 6.42 Å². The van der Waals surface area contributed by atoms with E-state index in [1.54, 1.807) is 0 Å². The predicted molar refractivity (Wildman–Crippen MR) is 99.1 cm³/mol. The molecule has 2 spiro atoms. The molecule has 1 N–H and O–H groups in total. The van der Waals surface area contributed by atoms with Crippen LogP contribution < -0.4 is 0 Å². The topological polar surface area (TPSA) is 99.1 Å². The average Bonchev–Trinajstić information content (AvgIpc) is 3.08. The van der Waals surface area contributed by atoms with Gasteiger partial charge in [-0.15, -0.1) is 0 Å². The zero-order valence-corrected chi connectivity index (χ0v) is 17.1. The Morgan fingerprint density at radius 3 is 2.69 bits per heavy atom. The maximum atomic E-state index is 13.4. The number of carbonyl (C=O) groups excluding carboxylic acids is 3. The van der Waals surface area contributed by atoms with E-state index >= 15 is 0 Å². The van der Waals surface area contributed by atoms with E-state index in [4.69, 9.17) is 14.2 Å². The van der Waals surface area contributed by atoms with Gasteiger partial charge in [-0.1, -0.05) is 20.4 Å². The lowest BCUT2D eigenvalue weighted by Crippen LogP contribution is -2.71. The summed E-state index contributed by atoms with van der Waals surface area (Å²) < 4.78 is 17.5. The van der Waals surface area contributed by atoms with Gasteiger partial charge in [0.05, 0.1) is 6.61 Å². The Morgan fingerprint density at radius 1 is 1.28 bits per heavy atom. The van der Waals surface area contributed by atoms with E-state index < -0.39 is 47.2 Å². The van der Waals surface area contributed by atoms with Crippen LogP contribution in [0.4, 0.5) is 0 Å². The van der Waals surface area contributed by atoms with Crippen LogP contribution in [0.1, 0.15) is 46.5 Å². The van der Waals surface area contributed by atoms with Gasteiger partial charge in [-0.25, -0.2) is 0 Å². The number of ketones is 1. The SMILES string of the molecule is C=C1C(=O)[C@@]23C[C@@H]1C[C@H](OC(C)=O)[C@@H]2[C@]12CO[C@H](O)[C@H]1C(C)(C)CC[C@H]2OC3=O. The minimum Gasteiger partial charge on any atom is -0.462 e. The number of hydrogen-bond donors (Lipinski definition) is 1. The number of carbonyl (C=O) groups is 3. The van der Waals surface area contributed by atoms with Gasteiger partial charge in [-0.05, 0) is 42.6 Å². The molecule has 158 valence electrons. The molecule has 0 unspecified atom stereocenters. The molecule has 2 bridgehead atoms. The number of ether oxygens (including phenoxy) is 3. The molecule has 3 saturated carbocycles. The first-order chi connectivity index (χ1) is 13.6. The average molecular weight is 404 g/mol. The standard InChI is InChI=1S/C22H28O7/c1-10-12-7-13(28-11(2)23)15-21(8-12,17(10)24)19(26)29-14-5-6-20(3,4)16-18(25)27-9-22(14,15)16/h12-16,18,25H,1,5-9H2,2-4H3/t12-,13-,14+,15-,16-,18-,21+,22+/m0/s1. The molecular weight excluding hydrogens is 376 g/mol. The quantitative estimate of drug-likeness (QED) is 0.404. The van der Waals surface area contributed by atoms with Crippen molar-refractivity contribution in [1.29, 1.82) is 0 Å². The second-order valence-corrected chi connectivity index (χ2v) is 10.3. The van der Waals surface area contributed by atoms with Gasteiger partial charge in [0.1, 0.15) is 17.6 Å². The Labute approximate surface area is 169 Å². The smallest absolute Gasteiger partial charge is 0.320 e. The van der Waals surface area contributed by atoms with Crippen LogP contribution in [0.3, 0.4) is 0 Å². The van der Waals surface area contributed by atoms with Crippen LogP contribution in [0.25, 0.3) is 0 Å². The van der Waals surface area contributed by atoms with Gasteiger partial charge in [0.25, 0.3) is 0 Å². The highest BCUT2D eigenvalue weighted by Gasteiger charge is 2.79. The third-order valence-corrected chi connectivity index (χ3v) is 8.55. The minimum atomic E-state index is -1.41. The fraction of sp³-hybridized carbons (Fsp3) is 0.773. The number of rotatable bonds is 1. The predicted octanol–water partition coefficient (Wildman–Crippen LogP) is 1.77. The van der Waals surface area contributed by atoms with Crippen molar-refractivity contribution < 1.29 is 33.7 Å². The molecule has 5 aliphatic rings. The molecule has 8 atom stereocenters. The summed E-state index contributed by atoms with van der Waals surface area (Å²) in [5.74, 6) is -2.38. The molecule has 0 radical (unpaired) electrons. The van der Waals surface area contributed by atoms with Crippen LogP contribution in [0.2, 0.25) is 0 Å². The summed E-state index contributed by atoms with van der Waals surface area (Å²) >= 11 is 0. The summed E-state index contributed by atoms with van der Waals surface area (Å²) in [5.41, 5.74) is -2.05. The normalized spacial score (nSPS) is 49.7. The van der Waals surface area contributed by atoms with E-state index in [1.807, 2.05) is 0 Å². The summed E-state index contributed by atoms with van der Waals surface area (Å²) in [6.07, 6.45) is 0.0808. The number of hydrogen-bond acceptors (Lipinski definition) is 7. The Morgan fingerprint density at radius 2 is 2.00 bits per heavy atom. The summed E-state index contributed by atoms with van der Waals surface area (Å²) in [7, 11) is 0. The first-order valence-corrected chi connectivity index (χ1v) is 10.5. The van der Waals surface area contributed by atoms with Crippen molar-refractivity contribution in [2.24, 2.45) is 34.0 Å². The first-order valence-electron chi connectivity index (χ1n) is 10.5. The van der Waals surface area contributed by atoms with Crippen molar-refractivity contribution in [3.05, 3.63) is 12.2 Å². The summed E-state index contributed by atoms with van der Waals surface area (Å²) in [4.78, 5) is 38.8. The highest BCUT2D eigenvalue weighted by Crippen LogP contribution is 2.71. The van der Waals surface area contributed by atoms with Crippen molar-refractivity contribution in [2.75, 3.05) is 6.61 Å². The van der Waals surface area contributed by atoms with Gasteiger partial charge in [-0.3, -0.25) is 14.4 Å². The van der Waals surface area contributed by atoms with Gasteiger partial charge < -0.3 is 19.3 Å². The van der Waals surface area contributed by atoms with Crippen molar-refractivity contribution >= 4 is 17.7 Å². The highest BCUT2D eigenvalue weighted by molar-refractivity contribution is 6.15. The van der Waals surface area contributed by atoms with E-state index in [1.165, 1.54) is 6.92 Å². The summed E-state index contributed by atoms with van der Waals surface area (Å²) in [6, 6.07) is 0. The van der Waals surface area contributed by atoms with E-state index in [-0.39, 0.29) is 29.6 Å². The summed E-state index contributed by atoms with van der Waals surface area (Å²) in [5, 5.41) is 10.8. The number of Topliss-reactive ketones (excluding diaryl/α,β-unsaturated/α-hetero) is 1. The number of esters is 2. The van der Waals surface area contributed by atoms with E-state index in [9.17, 15) is 19.5 Å². The Balaban J connectivity index is 1.75.